The fraction of sp³-hybridized carbons (Fsp3) is 0.786. The van der Waals surface area contributed by atoms with Gasteiger partial charge in [-0.25, -0.2) is 0 Å². The van der Waals surface area contributed by atoms with E-state index in [1.165, 1.54) is 0 Å². The van der Waals surface area contributed by atoms with E-state index in [0.29, 0.717) is 18.8 Å². The summed E-state index contributed by atoms with van der Waals surface area (Å²) in [5, 5.41) is 12.3. The van der Waals surface area contributed by atoms with Gasteiger partial charge in [-0.3, -0.25) is 4.79 Å². The van der Waals surface area contributed by atoms with Gasteiger partial charge in [0.2, 0.25) is 12.2 Å². The quantitative estimate of drug-likeness (QED) is 0.343. The van der Waals surface area contributed by atoms with Crippen LogP contribution in [-0.4, -0.2) is 36.7 Å². The number of aliphatic hydroxyl groups excluding tert-OH is 1. The number of aliphatic hydroxyl groups is 1. The second kappa shape index (κ2) is 11.0. The van der Waals surface area contributed by atoms with E-state index in [1.54, 1.807) is 6.92 Å². The summed E-state index contributed by atoms with van der Waals surface area (Å²) in [4.78, 5) is 11.4. The summed E-state index contributed by atoms with van der Waals surface area (Å²) in [5.74, 6) is -0.407. The van der Waals surface area contributed by atoms with E-state index in [2.05, 4.69) is 25.7 Å². The number of ether oxygens (including phenoxy) is 2. The summed E-state index contributed by atoms with van der Waals surface area (Å²) >= 11 is 0. The van der Waals surface area contributed by atoms with E-state index in [0.717, 1.165) is 25.7 Å². The molecule has 0 aliphatic rings. The Morgan fingerprint density at radius 1 is 1.21 bits per heavy atom. The number of rotatable bonds is 11. The van der Waals surface area contributed by atoms with Crippen LogP contribution in [0, 0.1) is 0 Å². The third-order valence-electron chi connectivity index (χ3n) is 2.48. The first-order chi connectivity index (χ1) is 9.02. The summed E-state index contributed by atoms with van der Waals surface area (Å²) in [7, 11) is 0. The maximum Gasteiger partial charge on any atom is 0.248 e. The first kappa shape index (κ1) is 18.1. The molecule has 0 heterocycles. The van der Waals surface area contributed by atoms with Crippen molar-refractivity contribution in [2.24, 2.45) is 0 Å². The molecule has 0 aromatic heterocycles. The van der Waals surface area contributed by atoms with Crippen molar-refractivity contribution in [3.05, 3.63) is 12.2 Å². The Bertz CT molecular complexity index is 258. The number of hydrogen-bond donors (Lipinski definition) is 2. The molecule has 2 N–H and O–H groups in total. The van der Waals surface area contributed by atoms with Crippen LogP contribution in [0.2, 0.25) is 0 Å². The average Bonchev–Trinajstić information content (AvgIpc) is 2.37. The largest absolute Gasteiger partial charge is 0.369 e. The molecule has 0 saturated heterocycles. The number of carbonyl (C=O) groups excluding carboxylic acids is 1. The summed E-state index contributed by atoms with van der Waals surface area (Å²) in [6.07, 6.45) is 1.74. The molecule has 0 radical (unpaired) electrons. The Balaban J connectivity index is 4.26. The summed E-state index contributed by atoms with van der Waals surface area (Å²) in [6, 6.07) is 0. The second-order valence-corrected chi connectivity index (χ2v) is 4.52. The maximum absolute atomic E-state index is 11.4. The first-order valence-corrected chi connectivity index (χ1v) is 6.90. The van der Waals surface area contributed by atoms with Gasteiger partial charge >= 0.3 is 0 Å². The topological polar surface area (TPSA) is 67.8 Å². The fourth-order valence-electron chi connectivity index (χ4n) is 1.24. The van der Waals surface area contributed by atoms with Crippen LogP contribution >= 0.6 is 0 Å². The van der Waals surface area contributed by atoms with Crippen molar-refractivity contribution in [1.82, 2.24) is 5.32 Å². The third kappa shape index (κ3) is 8.75. The lowest BCUT2D eigenvalue weighted by atomic mass is 10.3. The van der Waals surface area contributed by atoms with Gasteiger partial charge in [0.25, 0.3) is 0 Å². The predicted octanol–water partition coefficient (Wildman–Crippen LogP) is 1.96. The molecule has 0 saturated carbocycles. The number of nitrogens with one attached hydrogen (secondary N) is 1. The molecule has 0 aliphatic heterocycles. The molecule has 5 heteroatoms. The van der Waals surface area contributed by atoms with E-state index < -0.39 is 18.4 Å². The zero-order valence-electron chi connectivity index (χ0n) is 12.3. The fourth-order valence-corrected chi connectivity index (χ4v) is 1.24. The zero-order valence-corrected chi connectivity index (χ0v) is 12.3. The molecule has 1 amide bonds. The van der Waals surface area contributed by atoms with Crippen molar-refractivity contribution in [2.75, 3.05) is 13.2 Å². The number of hydrogen-bond acceptors (Lipinski definition) is 4. The van der Waals surface area contributed by atoms with Gasteiger partial charge in [0.1, 0.15) is 0 Å². The number of unbranched alkanes of at least 4 members (excludes halogenated alkanes) is 2. The summed E-state index contributed by atoms with van der Waals surface area (Å²) in [6.45, 7) is 10.2. The van der Waals surface area contributed by atoms with E-state index >= 15 is 0 Å². The van der Waals surface area contributed by atoms with Crippen molar-refractivity contribution in [1.29, 1.82) is 0 Å². The number of amides is 1. The van der Waals surface area contributed by atoms with Crippen LogP contribution in [-0.2, 0) is 14.3 Å². The van der Waals surface area contributed by atoms with Gasteiger partial charge in [0.05, 0.1) is 0 Å². The van der Waals surface area contributed by atoms with Crippen LogP contribution < -0.4 is 5.32 Å². The van der Waals surface area contributed by atoms with E-state index in [4.69, 9.17) is 9.47 Å². The van der Waals surface area contributed by atoms with Gasteiger partial charge in [-0.1, -0.05) is 33.3 Å². The lowest BCUT2D eigenvalue weighted by Crippen LogP contribution is -2.46. The molecular weight excluding hydrogens is 246 g/mol. The minimum atomic E-state index is -1.18. The highest BCUT2D eigenvalue weighted by molar-refractivity contribution is 5.92. The molecule has 0 aromatic rings. The predicted molar refractivity (Wildman–Crippen MR) is 74.5 cm³/mol. The SMILES string of the molecule is C=C(C)C(=O)NC(O)C(OCCCC)OCCCC. The summed E-state index contributed by atoms with van der Waals surface area (Å²) < 4.78 is 10.9. The van der Waals surface area contributed by atoms with Gasteiger partial charge in [-0.05, 0) is 19.8 Å². The molecule has 1 unspecified atom stereocenters. The third-order valence-corrected chi connectivity index (χ3v) is 2.48. The van der Waals surface area contributed by atoms with E-state index in [-0.39, 0.29) is 0 Å². The Hall–Kier alpha value is -0.910. The maximum atomic E-state index is 11.4. The Labute approximate surface area is 116 Å². The second-order valence-electron chi connectivity index (χ2n) is 4.52. The van der Waals surface area contributed by atoms with Crippen molar-refractivity contribution < 1.29 is 19.4 Å². The van der Waals surface area contributed by atoms with Crippen molar-refractivity contribution in [2.45, 2.75) is 59.0 Å². The minimum Gasteiger partial charge on any atom is -0.369 e. The highest BCUT2D eigenvalue weighted by Gasteiger charge is 2.22. The van der Waals surface area contributed by atoms with Crippen LogP contribution in [0.1, 0.15) is 46.5 Å². The van der Waals surface area contributed by atoms with Gasteiger partial charge in [0, 0.05) is 18.8 Å². The first-order valence-electron chi connectivity index (χ1n) is 6.90. The van der Waals surface area contributed by atoms with Crippen molar-refractivity contribution in [3.8, 4) is 0 Å². The Morgan fingerprint density at radius 3 is 2.05 bits per heavy atom. The van der Waals surface area contributed by atoms with Crippen LogP contribution in [0.15, 0.2) is 12.2 Å². The number of carbonyl (C=O) groups is 1. The van der Waals surface area contributed by atoms with Gasteiger partial charge < -0.3 is 19.9 Å². The minimum absolute atomic E-state index is 0.333. The molecule has 19 heavy (non-hydrogen) atoms. The normalized spacial score (nSPS) is 12.5. The molecule has 0 aliphatic carbocycles. The monoisotopic (exact) mass is 273 g/mol. The highest BCUT2D eigenvalue weighted by Crippen LogP contribution is 2.05. The lowest BCUT2D eigenvalue weighted by molar-refractivity contribution is -0.202. The van der Waals surface area contributed by atoms with Gasteiger partial charge in [-0.15, -0.1) is 0 Å². The molecule has 0 spiro atoms. The molecule has 1 atom stereocenters. The van der Waals surface area contributed by atoms with Crippen LogP contribution in [0.4, 0.5) is 0 Å². The smallest absolute Gasteiger partial charge is 0.248 e. The average molecular weight is 273 g/mol. The van der Waals surface area contributed by atoms with Crippen molar-refractivity contribution in [3.63, 3.8) is 0 Å². The Kier molecular flexibility index (Phi) is 10.4. The lowest BCUT2D eigenvalue weighted by Gasteiger charge is -2.24. The highest BCUT2D eigenvalue weighted by atomic mass is 16.7. The van der Waals surface area contributed by atoms with Gasteiger partial charge in [0.15, 0.2) is 6.23 Å². The van der Waals surface area contributed by atoms with Crippen LogP contribution in [0.5, 0.6) is 0 Å². The van der Waals surface area contributed by atoms with Crippen LogP contribution in [0.25, 0.3) is 0 Å². The molecule has 0 aromatic carbocycles. The molecular formula is C14H27NO4. The molecule has 0 fully saturated rings. The summed E-state index contributed by atoms with van der Waals surface area (Å²) in [5.41, 5.74) is 0.333. The van der Waals surface area contributed by atoms with E-state index in [1.807, 2.05) is 0 Å². The van der Waals surface area contributed by atoms with Gasteiger partial charge in [-0.2, -0.15) is 0 Å². The van der Waals surface area contributed by atoms with Crippen molar-refractivity contribution >= 4 is 5.91 Å². The molecule has 0 rings (SSSR count). The van der Waals surface area contributed by atoms with Crippen LogP contribution in [0.3, 0.4) is 0 Å². The molecule has 5 nitrogen and oxygen atoms in total. The zero-order chi connectivity index (χ0) is 14.7. The molecule has 0 bridgehead atoms. The Morgan fingerprint density at radius 2 is 1.68 bits per heavy atom. The molecule has 112 valence electrons. The van der Waals surface area contributed by atoms with E-state index in [9.17, 15) is 9.90 Å². The standard InChI is InChI=1S/C14H27NO4/c1-5-7-9-18-14(19-10-8-6-2)13(17)15-12(16)11(3)4/h13-14,17H,3,5-10H2,1-2,4H3,(H,15,16).